The third-order valence-electron chi connectivity index (χ3n) is 1.70. The van der Waals surface area contributed by atoms with Crippen molar-refractivity contribution in [3.8, 4) is 0 Å². The summed E-state index contributed by atoms with van der Waals surface area (Å²) in [5, 5.41) is 1.38. The highest BCUT2D eigenvalue weighted by Gasteiger charge is 2.62. The zero-order valence-electron chi connectivity index (χ0n) is 6.99. The monoisotopic (exact) mass is 309 g/mol. The van der Waals surface area contributed by atoms with Crippen molar-refractivity contribution in [3.05, 3.63) is 20.8 Å². The van der Waals surface area contributed by atoms with Crippen molar-refractivity contribution in [2.75, 3.05) is 0 Å². The Morgan fingerprint density at radius 3 is 2.13 bits per heavy atom. The van der Waals surface area contributed by atoms with Crippen molar-refractivity contribution in [3.63, 3.8) is 0 Å². The molecule has 0 fully saturated rings. The maximum atomic E-state index is 12.8. The van der Waals surface area contributed by atoms with Crippen LogP contribution in [0.3, 0.4) is 0 Å². The van der Waals surface area contributed by atoms with Crippen LogP contribution in [0.15, 0.2) is 15.9 Å². The van der Waals surface area contributed by atoms with Gasteiger partial charge in [-0.05, 0) is 27.4 Å². The molecule has 1 nitrogen and oxygen atoms in total. The van der Waals surface area contributed by atoms with Crippen molar-refractivity contribution in [2.45, 2.75) is 18.1 Å². The van der Waals surface area contributed by atoms with Crippen LogP contribution in [0.5, 0.6) is 0 Å². The van der Waals surface area contributed by atoms with Crippen LogP contribution in [0.25, 0.3) is 0 Å². The van der Waals surface area contributed by atoms with Crippen molar-refractivity contribution in [1.82, 2.24) is 0 Å². The van der Waals surface area contributed by atoms with Gasteiger partial charge in [-0.1, -0.05) is 0 Å². The molecule has 15 heavy (non-hydrogen) atoms. The maximum absolute atomic E-state index is 12.8. The second-order valence-electron chi connectivity index (χ2n) is 2.73. The maximum Gasteiger partial charge on any atom is 0.455 e. The second-order valence-corrected chi connectivity index (χ2v) is 4.53. The molecule has 0 saturated heterocycles. The van der Waals surface area contributed by atoms with Crippen LogP contribution in [0, 0.1) is 0 Å². The number of thiophene rings is 1. The van der Waals surface area contributed by atoms with Gasteiger partial charge in [-0.2, -0.15) is 22.0 Å². The van der Waals surface area contributed by atoms with Gasteiger partial charge in [0.25, 0.3) is 0 Å². The molecule has 0 amide bonds. The fourth-order valence-electron chi connectivity index (χ4n) is 0.868. The predicted octanol–water partition coefficient (Wildman–Crippen LogP) is 3.71. The van der Waals surface area contributed by atoms with Gasteiger partial charge in [-0.25, -0.2) is 0 Å². The van der Waals surface area contributed by atoms with E-state index >= 15 is 0 Å². The highest BCUT2D eigenvalue weighted by molar-refractivity contribution is 9.10. The Hall–Kier alpha value is -0.210. The highest BCUT2D eigenvalue weighted by Crippen LogP contribution is 2.45. The third-order valence-corrected chi connectivity index (χ3v) is 3.65. The van der Waals surface area contributed by atoms with Crippen molar-refractivity contribution in [2.24, 2.45) is 5.73 Å². The van der Waals surface area contributed by atoms with E-state index in [1.165, 1.54) is 11.4 Å². The van der Waals surface area contributed by atoms with Gasteiger partial charge >= 0.3 is 12.1 Å². The fourth-order valence-corrected chi connectivity index (χ4v) is 2.53. The lowest BCUT2D eigenvalue weighted by atomic mass is 10.1. The Morgan fingerprint density at radius 1 is 1.27 bits per heavy atom. The molecule has 0 aromatic carbocycles. The van der Waals surface area contributed by atoms with Crippen LogP contribution >= 0.6 is 27.3 Å². The molecule has 0 spiro atoms. The summed E-state index contributed by atoms with van der Waals surface area (Å²) in [6, 6.07) is -1.02. The first-order chi connectivity index (χ1) is 6.68. The van der Waals surface area contributed by atoms with Crippen LogP contribution < -0.4 is 5.73 Å². The molecule has 0 aliphatic heterocycles. The van der Waals surface area contributed by atoms with Gasteiger partial charge in [0.05, 0.1) is 0 Å². The summed E-state index contributed by atoms with van der Waals surface area (Å²) in [5.41, 5.74) is 4.91. The number of hydrogen-bond donors (Lipinski definition) is 1. The molecular weight excluding hydrogens is 305 g/mol. The molecule has 86 valence electrons. The molecule has 1 rings (SSSR count). The molecule has 0 aliphatic carbocycles. The first-order valence-corrected chi connectivity index (χ1v) is 5.28. The van der Waals surface area contributed by atoms with E-state index in [1.54, 1.807) is 0 Å². The highest BCUT2D eigenvalue weighted by atomic mass is 79.9. The molecule has 0 bridgehead atoms. The smallest absolute Gasteiger partial charge is 0.318 e. The summed E-state index contributed by atoms with van der Waals surface area (Å²) in [4.78, 5) is -0.225. The van der Waals surface area contributed by atoms with E-state index in [4.69, 9.17) is 5.73 Å². The SMILES string of the molecule is N[C@H](c1sccc1Br)C(F)(F)C(F)(F)F. The molecule has 0 unspecified atom stereocenters. The fraction of sp³-hybridized carbons (Fsp3) is 0.429. The minimum atomic E-state index is -5.64. The number of hydrogen-bond acceptors (Lipinski definition) is 2. The van der Waals surface area contributed by atoms with E-state index in [1.807, 2.05) is 0 Å². The first-order valence-electron chi connectivity index (χ1n) is 3.61. The molecule has 1 aromatic heterocycles. The van der Waals surface area contributed by atoms with Crippen LogP contribution in [0.2, 0.25) is 0 Å². The molecule has 1 atom stereocenters. The summed E-state index contributed by atoms with van der Waals surface area (Å²) in [7, 11) is 0. The van der Waals surface area contributed by atoms with Crippen molar-refractivity contribution in [1.29, 1.82) is 0 Å². The Kier molecular flexibility index (Phi) is 3.42. The van der Waals surface area contributed by atoms with Crippen molar-refractivity contribution >= 4 is 27.3 Å². The average molecular weight is 310 g/mol. The summed E-state index contributed by atoms with van der Waals surface area (Å²) in [5.74, 6) is -4.93. The van der Waals surface area contributed by atoms with Gasteiger partial charge in [-0.15, -0.1) is 11.3 Å². The Morgan fingerprint density at radius 2 is 1.80 bits per heavy atom. The van der Waals surface area contributed by atoms with Gasteiger partial charge in [0, 0.05) is 9.35 Å². The third kappa shape index (κ3) is 2.31. The average Bonchev–Trinajstić information content (AvgIpc) is 2.48. The molecule has 0 radical (unpaired) electrons. The van der Waals surface area contributed by atoms with E-state index < -0.39 is 18.1 Å². The summed E-state index contributed by atoms with van der Waals surface area (Å²) in [6.07, 6.45) is -5.64. The number of nitrogens with two attached hydrogens (primary N) is 1. The molecule has 8 heteroatoms. The second kappa shape index (κ2) is 3.99. The molecule has 2 N–H and O–H groups in total. The van der Waals surface area contributed by atoms with E-state index in [9.17, 15) is 22.0 Å². The largest absolute Gasteiger partial charge is 0.455 e. The molecule has 1 aromatic rings. The predicted molar refractivity (Wildman–Crippen MR) is 49.9 cm³/mol. The van der Waals surface area contributed by atoms with E-state index in [-0.39, 0.29) is 9.35 Å². The Labute approximate surface area is 94.2 Å². The zero-order chi connectivity index (χ0) is 11.9. The van der Waals surface area contributed by atoms with Crippen molar-refractivity contribution < 1.29 is 22.0 Å². The zero-order valence-corrected chi connectivity index (χ0v) is 9.39. The molecule has 0 saturated carbocycles. The number of alkyl halides is 5. The van der Waals surface area contributed by atoms with Crippen LogP contribution in [-0.2, 0) is 0 Å². The minimum Gasteiger partial charge on any atom is -0.318 e. The van der Waals surface area contributed by atoms with E-state index in [2.05, 4.69) is 15.9 Å². The lowest BCUT2D eigenvalue weighted by Gasteiger charge is -2.25. The molecule has 1 heterocycles. The van der Waals surface area contributed by atoms with Crippen LogP contribution in [0.1, 0.15) is 10.9 Å². The summed E-state index contributed by atoms with van der Waals surface area (Å²) in [6.45, 7) is 0. The van der Waals surface area contributed by atoms with Gasteiger partial charge in [0.2, 0.25) is 0 Å². The first kappa shape index (κ1) is 12.9. The summed E-state index contributed by atoms with van der Waals surface area (Å²) < 4.78 is 61.7. The van der Waals surface area contributed by atoms with Gasteiger partial charge in [-0.3, -0.25) is 0 Å². The topological polar surface area (TPSA) is 26.0 Å². The Balaban J connectivity index is 3.05. The molecular formula is C7H5BrF5NS. The van der Waals surface area contributed by atoms with Crippen LogP contribution in [0.4, 0.5) is 22.0 Å². The van der Waals surface area contributed by atoms with Gasteiger partial charge in [0.15, 0.2) is 0 Å². The minimum absolute atomic E-state index is 0.156. The quantitative estimate of drug-likeness (QED) is 0.828. The van der Waals surface area contributed by atoms with Gasteiger partial charge in [0.1, 0.15) is 6.04 Å². The van der Waals surface area contributed by atoms with E-state index in [0.29, 0.717) is 0 Å². The standard InChI is InChI=1S/C7H5BrF5NS/c8-3-1-2-15-4(3)5(14)6(9,10)7(11,12)13/h1-2,5H,14H2/t5-/m1/s1. The lowest BCUT2D eigenvalue weighted by Crippen LogP contribution is -2.45. The molecule has 0 aliphatic rings. The number of rotatable bonds is 2. The lowest BCUT2D eigenvalue weighted by molar-refractivity contribution is -0.290. The van der Waals surface area contributed by atoms with E-state index in [0.717, 1.165) is 11.3 Å². The van der Waals surface area contributed by atoms with Gasteiger partial charge < -0.3 is 5.73 Å². The number of halogens is 6. The normalized spacial score (nSPS) is 15.4. The summed E-state index contributed by atoms with van der Waals surface area (Å²) >= 11 is 3.60. The Bertz CT molecular complexity index is 347. The van der Waals surface area contributed by atoms with Crippen LogP contribution in [-0.4, -0.2) is 12.1 Å².